The van der Waals surface area contributed by atoms with Gasteiger partial charge in [-0.15, -0.1) is 0 Å². The quantitative estimate of drug-likeness (QED) is 0.651. The lowest BCUT2D eigenvalue weighted by Crippen LogP contribution is -2.24. The Labute approximate surface area is 84.7 Å². The summed E-state index contributed by atoms with van der Waals surface area (Å²) in [5.74, 6) is -0.348. The zero-order valence-corrected chi connectivity index (χ0v) is 8.88. The second-order valence-corrected chi connectivity index (χ2v) is 3.65. The Hall–Kier alpha value is -0.160. The monoisotopic (exact) mass is 280 g/mol. The maximum atomic E-state index is 13.1. The highest BCUT2D eigenvalue weighted by Crippen LogP contribution is 2.24. The van der Waals surface area contributed by atoms with Crippen molar-refractivity contribution in [3.05, 3.63) is 35.6 Å². The first-order valence-corrected chi connectivity index (χ1v) is 5.14. The molecular formula is C9H10FIO. The summed E-state index contributed by atoms with van der Waals surface area (Å²) in [6, 6.07) is 6.30. The zero-order chi connectivity index (χ0) is 9.19. The minimum atomic E-state index is -1.06. The van der Waals surface area contributed by atoms with Crippen molar-refractivity contribution in [2.75, 3.05) is 4.43 Å². The highest BCUT2D eigenvalue weighted by atomic mass is 127. The smallest absolute Gasteiger partial charge is 0.129 e. The predicted octanol–water partition coefficient (Wildman–Crippen LogP) is 2.47. The second-order valence-electron chi connectivity index (χ2n) is 2.89. The molecule has 1 aromatic rings. The fourth-order valence-corrected chi connectivity index (χ4v) is 1.38. The number of rotatable bonds is 2. The summed E-state index contributed by atoms with van der Waals surface area (Å²) >= 11 is 2.03. The van der Waals surface area contributed by atoms with E-state index in [0.717, 1.165) is 0 Å². The molecule has 0 aromatic heterocycles. The average Bonchev–Trinajstić information content (AvgIpc) is 2.05. The summed E-state index contributed by atoms with van der Waals surface area (Å²) in [5.41, 5.74) is -0.703. The molecule has 0 bridgehead atoms. The van der Waals surface area contributed by atoms with Crippen LogP contribution in [-0.4, -0.2) is 9.53 Å². The Morgan fingerprint density at radius 1 is 1.50 bits per heavy atom. The molecule has 0 saturated heterocycles. The molecule has 0 aliphatic carbocycles. The Balaban J connectivity index is 3.10. The van der Waals surface area contributed by atoms with Crippen molar-refractivity contribution in [1.29, 1.82) is 0 Å². The van der Waals surface area contributed by atoms with Crippen molar-refractivity contribution in [3.63, 3.8) is 0 Å². The number of halogens is 2. The van der Waals surface area contributed by atoms with Gasteiger partial charge in [0.05, 0.1) is 5.60 Å². The van der Waals surface area contributed by atoms with E-state index >= 15 is 0 Å². The molecule has 1 unspecified atom stereocenters. The van der Waals surface area contributed by atoms with Crippen LogP contribution in [0.15, 0.2) is 24.3 Å². The van der Waals surface area contributed by atoms with Crippen molar-refractivity contribution in [1.82, 2.24) is 0 Å². The summed E-state index contributed by atoms with van der Waals surface area (Å²) in [6.07, 6.45) is 0. The summed E-state index contributed by atoms with van der Waals surface area (Å²) in [6.45, 7) is 1.61. The fourth-order valence-electron chi connectivity index (χ4n) is 0.970. The van der Waals surface area contributed by atoms with E-state index in [4.69, 9.17) is 0 Å². The van der Waals surface area contributed by atoms with Gasteiger partial charge in [-0.25, -0.2) is 4.39 Å². The fraction of sp³-hybridized carbons (Fsp3) is 0.333. The first-order valence-electron chi connectivity index (χ1n) is 3.61. The lowest BCUT2D eigenvalue weighted by Gasteiger charge is -2.21. The van der Waals surface area contributed by atoms with Gasteiger partial charge in [-0.3, -0.25) is 0 Å². The summed E-state index contributed by atoms with van der Waals surface area (Å²) in [4.78, 5) is 0. The molecule has 0 saturated carbocycles. The molecule has 0 heterocycles. The van der Waals surface area contributed by atoms with Crippen LogP contribution in [0.3, 0.4) is 0 Å². The molecule has 1 rings (SSSR count). The largest absolute Gasteiger partial charge is 0.385 e. The Morgan fingerprint density at radius 3 is 2.58 bits per heavy atom. The molecule has 0 amide bonds. The van der Waals surface area contributed by atoms with Crippen LogP contribution in [0.2, 0.25) is 0 Å². The van der Waals surface area contributed by atoms with Crippen molar-refractivity contribution in [2.24, 2.45) is 0 Å². The van der Waals surface area contributed by atoms with E-state index in [2.05, 4.69) is 0 Å². The number of aliphatic hydroxyl groups is 1. The molecule has 0 aliphatic heterocycles. The van der Waals surface area contributed by atoms with Gasteiger partial charge < -0.3 is 5.11 Å². The van der Waals surface area contributed by atoms with Gasteiger partial charge in [-0.1, -0.05) is 40.8 Å². The number of benzene rings is 1. The van der Waals surface area contributed by atoms with Crippen LogP contribution in [0.1, 0.15) is 12.5 Å². The minimum Gasteiger partial charge on any atom is -0.385 e. The normalized spacial score (nSPS) is 15.7. The van der Waals surface area contributed by atoms with Crippen molar-refractivity contribution in [3.8, 4) is 0 Å². The molecule has 66 valence electrons. The minimum absolute atomic E-state index is 0.348. The Morgan fingerprint density at radius 2 is 2.08 bits per heavy atom. The van der Waals surface area contributed by atoms with Gasteiger partial charge in [0.15, 0.2) is 0 Å². The predicted molar refractivity (Wildman–Crippen MR) is 54.9 cm³/mol. The average molecular weight is 280 g/mol. The SMILES string of the molecule is CC(O)(CI)c1ccccc1F. The first kappa shape index (κ1) is 9.92. The van der Waals surface area contributed by atoms with Gasteiger partial charge in [0.25, 0.3) is 0 Å². The maximum Gasteiger partial charge on any atom is 0.129 e. The van der Waals surface area contributed by atoms with Gasteiger partial charge in [-0.05, 0) is 13.0 Å². The van der Waals surface area contributed by atoms with E-state index in [9.17, 15) is 9.50 Å². The van der Waals surface area contributed by atoms with Gasteiger partial charge in [0, 0.05) is 9.99 Å². The third-order valence-corrected chi connectivity index (χ3v) is 3.20. The number of hydrogen-bond acceptors (Lipinski definition) is 1. The number of hydrogen-bond donors (Lipinski definition) is 1. The van der Waals surface area contributed by atoms with Crippen molar-refractivity contribution in [2.45, 2.75) is 12.5 Å². The molecule has 1 aromatic carbocycles. The molecular weight excluding hydrogens is 270 g/mol. The van der Waals surface area contributed by atoms with Crippen LogP contribution < -0.4 is 0 Å². The Bertz CT molecular complexity index is 273. The van der Waals surface area contributed by atoms with E-state index in [1.807, 2.05) is 22.6 Å². The van der Waals surface area contributed by atoms with Crippen LogP contribution in [-0.2, 0) is 5.60 Å². The lowest BCUT2D eigenvalue weighted by atomic mass is 9.98. The molecule has 0 aliphatic rings. The molecule has 0 spiro atoms. The second kappa shape index (κ2) is 3.70. The van der Waals surface area contributed by atoms with Crippen LogP contribution in [0.25, 0.3) is 0 Å². The zero-order valence-electron chi connectivity index (χ0n) is 6.72. The van der Waals surface area contributed by atoms with Gasteiger partial charge >= 0.3 is 0 Å². The van der Waals surface area contributed by atoms with E-state index in [1.54, 1.807) is 25.1 Å². The van der Waals surface area contributed by atoms with Gasteiger partial charge in [-0.2, -0.15) is 0 Å². The Kier molecular flexibility index (Phi) is 3.06. The molecule has 1 atom stereocenters. The highest BCUT2D eigenvalue weighted by Gasteiger charge is 2.24. The third kappa shape index (κ3) is 1.95. The first-order chi connectivity index (χ1) is 5.58. The highest BCUT2D eigenvalue weighted by molar-refractivity contribution is 14.1. The van der Waals surface area contributed by atoms with E-state index < -0.39 is 5.60 Å². The topological polar surface area (TPSA) is 20.2 Å². The van der Waals surface area contributed by atoms with Crippen LogP contribution in [0.5, 0.6) is 0 Å². The van der Waals surface area contributed by atoms with E-state index in [0.29, 0.717) is 9.99 Å². The summed E-state index contributed by atoms with van der Waals surface area (Å²) < 4.78 is 13.6. The standard InChI is InChI=1S/C9H10FIO/c1-9(12,6-11)7-4-2-3-5-8(7)10/h2-5,12H,6H2,1H3. The molecule has 0 fully saturated rings. The molecule has 1 nitrogen and oxygen atoms in total. The lowest BCUT2D eigenvalue weighted by molar-refractivity contribution is 0.0831. The van der Waals surface area contributed by atoms with Crippen LogP contribution in [0, 0.1) is 5.82 Å². The molecule has 3 heteroatoms. The summed E-state index contributed by atoms with van der Waals surface area (Å²) in [7, 11) is 0. The van der Waals surface area contributed by atoms with Crippen LogP contribution in [0.4, 0.5) is 4.39 Å². The van der Waals surface area contributed by atoms with Crippen molar-refractivity contribution >= 4 is 22.6 Å². The van der Waals surface area contributed by atoms with Gasteiger partial charge in [0.1, 0.15) is 5.82 Å². The van der Waals surface area contributed by atoms with Crippen molar-refractivity contribution < 1.29 is 9.50 Å². The van der Waals surface area contributed by atoms with Gasteiger partial charge in [0.2, 0.25) is 0 Å². The maximum absolute atomic E-state index is 13.1. The van der Waals surface area contributed by atoms with E-state index in [1.165, 1.54) is 6.07 Å². The molecule has 12 heavy (non-hydrogen) atoms. The third-order valence-electron chi connectivity index (χ3n) is 1.71. The number of alkyl halides is 1. The molecule has 1 N–H and O–H groups in total. The summed E-state index contributed by atoms with van der Waals surface area (Å²) in [5, 5.41) is 9.73. The molecule has 0 radical (unpaired) electrons. The van der Waals surface area contributed by atoms with E-state index in [-0.39, 0.29) is 5.82 Å². The van der Waals surface area contributed by atoms with Crippen LogP contribution >= 0.6 is 22.6 Å².